The zero-order chi connectivity index (χ0) is 17.9. The number of benzene rings is 1. The van der Waals surface area contributed by atoms with Crippen molar-refractivity contribution in [3.8, 4) is 5.75 Å². The number of furan rings is 1. The topological polar surface area (TPSA) is 64.4 Å². The second kappa shape index (κ2) is 7.65. The van der Waals surface area contributed by atoms with Crippen molar-refractivity contribution < 1.29 is 23.4 Å². The second-order valence-corrected chi connectivity index (χ2v) is 6.57. The number of carbonyl (C=O) groups is 1. The Morgan fingerprint density at radius 2 is 1.77 bits per heavy atom. The molecule has 2 aliphatic rings. The third kappa shape index (κ3) is 3.42. The number of nitrogens with zero attached hydrogens (tertiary/aromatic N) is 2. The van der Waals surface area contributed by atoms with Crippen molar-refractivity contribution in [2.45, 2.75) is 6.54 Å². The molecule has 0 N–H and O–H groups in total. The molecule has 2 aromatic rings. The molecule has 2 aliphatic heterocycles. The molecular formula is C19H24N2O5. The maximum atomic E-state index is 12.8. The molecule has 140 valence electrons. The first-order chi connectivity index (χ1) is 12.8. The van der Waals surface area contributed by atoms with Crippen molar-refractivity contribution in [1.29, 1.82) is 0 Å². The van der Waals surface area contributed by atoms with Gasteiger partial charge in [-0.1, -0.05) is 6.07 Å². The first-order valence-electron chi connectivity index (χ1n) is 9.03. The van der Waals surface area contributed by atoms with Crippen LogP contribution in [0.1, 0.15) is 16.1 Å². The summed E-state index contributed by atoms with van der Waals surface area (Å²) >= 11 is 0. The van der Waals surface area contributed by atoms with E-state index >= 15 is 0 Å². The molecule has 0 atom stereocenters. The van der Waals surface area contributed by atoms with Crippen molar-refractivity contribution in [1.82, 2.24) is 9.80 Å². The van der Waals surface area contributed by atoms with Crippen molar-refractivity contribution in [2.24, 2.45) is 0 Å². The number of methoxy groups -OCH3 is 1. The summed E-state index contributed by atoms with van der Waals surface area (Å²) in [7, 11) is 1.61. The van der Waals surface area contributed by atoms with Gasteiger partial charge in [-0.15, -0.1) is 0 Å². The van der Waals surface area contributed by atoms with Crippen LogP contribution in [0, 0.1) is 0 Å². The highest BCUT2D eigenvalue weighted by Gasteiger charge is 2.24. The van der Waals surface area contributed by atoms with E-state index in [1.165, 1.54) is 0 Å². The number of rotatable bonds is 4. The molecule has 0 unspecified atom stereocenters. The van der Waals surface area contributed by atoms with E-state index in [4.69, 9.17) is 18.6 Å². The molecule has 0 radical (unpaired) electrons. The lowest BCUT2D eigenvalue weighted by Crippen LogP contribution is -2.40. The van der Waals surface area contributed by atoms with Crippen LogP contribution in [-0.4, -0.2) is 75.4 Å². The monoisotopic (exact) mass is 360 g/mol. The van der Waals surface area contributed by atoms with E-state index in [-0.39, 0.29) is 5.91 Å². The zero-order valence-corrected chi connectivity index (χ0v) is 15.0. The van der Waals surface area contributed by atoms with Crippen molar-refractivity contribution in [3.05, 3.63) is 29.5 Å². The van der Waals surface area contributed by atoms with Crippen LogP contribution in [0.15, 0.2) is 22.6 Å². The van der Waals surface area contributed by atoms with Crippen molar-refractivity contribution in [2.75, 3.05) is 59.7 Å². The molecule has 4 rings (SSSR count). The molecule has 0 aliphatic carbocycles. The van der Waals surface area contributed by atoms with Gasteiger partial charge in [0.15, 0.2) is 17.1 Å². The quantitative estimate of drug-likeness (QED) is 0.828. The van der Waals surface area contributed by atoms with Gasteiger partial charge in [0.05, 0.1) is 33.5 Å². The predicted molar refractivity (Wildman–Crippen MR) is 95.6 cm³/mol. The highest BCUT2D eigenvalue weighted by molar-refractivity contribution is 5.98. The maximum absolute atomic E-state index is 12.8. The summed E-state index contributed by atoms with van der Waals surface area (Å²) in [5.74, 6) is 0.908. The zero-order valence-electron chi connectivity index (χ0n) is 15.0. The summed E-state index contributed by atoms with van der Waals surface area (Å²) in [5.41, 5.74) is 1.77. The van der Waals surface area contributed by atoms with Gasteiger partial charge >= 0.3 is 0 Å². The van der Waals surface area contributed by atoms with E-state index in [0.717, 1.165) is 43.8 Å². The number of carbonyl (C=O) groups excluding carboxylic acids is 1. The number of morpholine rings is 2. The summed E-state index contributed by atoms with van der Waals surface area (Å²) in [5, 5.41) is 0.937. The Morgan fingerprint density at radius 3 is 2.46 bits per heavy atom. The van der Waals surface area contributed by atoms with Gasteiger partial charge in [-0.2, -0.15) is 0 Å². The minimum absolute atomic E-state index is 0.0936. The van der Waals surface area contributed by atoms with E-state index in [1.54, 1.807) is 12.0 Å². The van der Waals surface area contributed by atoms with Crippen LogP contribution in [0.4, 0.5) is 0 Å². The number of hydrogen-bond acceptors (Lipinski definition) is 6. The fraction of sp³-hybridized carbons (Fsp3) is 0.526. The lowest BCUT2D eigenvalue weighted by atomic mass is 10.1. The van der Waals surface area contributed by atoms with Gasteiger partial charge < -0.3 is 23.5 Å². The molecule has 1 amide bonds. The molecule has 26 heavy (non-hydrogen) atoms. The van der Waals surface area contributed by atoms with E-state index in [2.05, 4.69) is 11.0 Å². The summed E-state index contributed by atoms with van der Waals surface area (Å²) in [6.07, 6.45) is 0. The molecule has 7 nitrogen and oxygen atoms in total. The van der Waals surface area contributed by atoms with Gasteiger partial charge in [0.2, 0.25) is 0 Å². The Hall–Kier alpha value is -2.09. The second-order valence-electron chi connectivity index (χ2n) is 6.57. The van der Waals surface area contributed by atoms with Gasteiger partial charge in [-0.25, -0.2) is 0 Å². The van der Waals surface area contributed by atoms with E-state index in [9.17, 15) is 4.79 Å². The molecular weight excluding hydrogens is 336 g/mol. The number of ether oxygens (including phenoxy) is 3. The van der Waals surface area contributed by atoms with Gasteiger partial charge in [0.25, 0.3) is 5.91 Å². The molecule has 1 aromatic heterocycles. The molecule has 3 heterocycles. The highest BCUT2D eigenvalue weighted by Crippen LogP contribution is 2.33. The number of hydrogen-bond donors (Lipinski definition) is 0. The minimum atomic E-state index is -0.0936. The lowest BCUT2D eigenvalue weighted by molar-refractivity contribution is 0.0284. The SMILES string of the molecule is COc1ccc(CN2CCOCC2)c2cc(C(=O)N3CCOCC3)oc12. The Kier molecular flexibility index (Phi) is 5.10. The fourth-order valence-electron chi connectivity index (χ4n) is 3.48. The van der Waals surface area contributed by atoms with Gasteiger partial charge in [-0.3, -0.25) is 9.69 Å². The fourth-order valence-corrected chi connectivity index (χ4v) is 3.48. The van der Waals surface area contributed by atoms with E-state index < -0.39 is 0 Å². The molecule has 2 saturated heterocycles. The largest absolute Gasteiger partial charge is 0.493 e. The summed E-state index contributed by atoms with van der Waals surface area (Å²) < 4.78 is 22.1. The first kappa shape index (κ1) is 17.3. The molecule has 2 fully saturated rings. The van der Waals surface area contributed by atoms with Gasteiger partial charge in [0, 0.05) is 38.1 Å². The third-order valence-corrected chi connectivity index (χ3v) is 4.96. The molecule has 0 saturated carbocycles. The van der Waals surface area contributed by atoms with Crippen LogP contribution in [0.2, 0.25) is 0 Å². The van der Waals surface area contributed by atoms with Crippen molar-refractivity contribution >= 4 is 16.9 Å². The standard InChI is InChI=1S/C19H24N2O5/c1-23-16-3-2-14(13-20-4-8-24-9-5-20)15-12-17(26-18(15)16)19(22)21-6-10-25-11-7-21/h2-3,12H,4-11,13H2,1H3. The molecule has 1 aromatic carbocycles. The molecule has 0 spiro atoms. The maximum Gasteiger partial charge on any atom is 0.289 e. The third-order valence-electron chi connectivity index (χ3n) is 4.96. The van der Waals surface area contributed by atoms with Crippen LogP contribution < -0.4 is 4.74 Å². The smallest absolute Gasteiger partial charge is 0.289 e. The summed E-state index contributed by atoms with van der Waals surface area (Å²) in [4.78, 5) is 16.9. The first-order valence-corrected chi connectivity index (χ1v) is 9.03. The molecule has 0 bridgehead atoms. The summed E-state index contributed by atoms with van der Waals surface area (Å²) in [6, 6.07) is 5.81. The number of fused-ring (bicyclic) bond motifs is 1. The lowest BCUT2D eigenvalue weighted by Gasteiger charge is -2.26. The van der Waals surface area contributed by atoms with E-state index in [1.807, 2.05) is 12.1 Å². The highest BCUT2D eigenvalue weighted by atomic mass is 16.5. The average Bonchev–Trinajstić information content (AvgIpc) is 3.15. The van der Waals surface area contributed by atoms with Crippen molar-refractivity contribution in [3.63, 3.8) is 0 Å². The van der Waals surface area contributed by atoms with Crippen LogP contribution in [-0.2, 0) is 16.0 Å². The van der Waals surface area contributed by atoms with Crippen LogP contribution >= 0.6 is 0 Å². The van der Waals surface area contributed by atoms with Gasteiger partial charge in [-0.05, 0) is 17.7 Å². The normalized spacial score (nSPS) is 19.0. The van der Waals surface area contributed by atoms with Crippen LogP contribution in [0.5, 0.6) is 5.75 Å². The Labute approximate surface area is 152 Å². The minimum Gasteiger partial charge on any atom is -0.493 e. The van der Waals surface area contributed by atoms with Crippen LogP contribution in [0.3, 0.4) is 0 Å². The summed E-state index contributed by atoms with van der Waals surface area (Å²) in [6.45, 7) is 6.44. The Balaban J connectivity index is 1.65. The van der Waals surface area contributed by atoms with E-state index in [0.29, 0.717) is 43.4 Å². The van der Waals surface area contributed by atoms with Crippen LogP contribution in [0.25, 0.3) is 11.0 Å². The Morgan fingerprint density at radius 1 is 1.08 bits per heavy atom. The predicted octanol–water partition coefficient (Wildman–Crippen LogP) is 1.75. The number of amides is 1. The van der Waals surface area contributed by atoms with Gasteiger partial charge in [0.1, 0.15) is 0 Å². The average molecular weight is 360 g/mol. The Bertz CT molecular complexity index is 776. The molecule has 7 heteroatoms.